The fraction of sp³-hybridized carbons (Fsp3) is 0.0133. The van der Waals surface area contributed by atoms with Crippen LogP contribution >= 0.6 is 0 Å². The predicted molar refractivity (Wildman–Crippen MR) is 332 cm³/mol. The molecule has 16 aromatic rings. The third-order valence-corrected chi connectivity index (χ3v) is 17.5. The van der Waals surface area contributed by atoms with E-state index in [1.165, 1.54) is 22.3 Å². The van der Waals surface area contributed by atoms with Gasteiger partial charge in [-0.25, -0.2) is 4.85 Å². The molecule has 6 heteroatoms. The third kappa shape index (κ3) is 5.87. The molecule has 0 aliphatic heterocycles. The van der Waals surface area contributed by atoms with E-state index in [4.69, 9.17) is 0 Å². The Bertz CT molecular complexity index is 5240. The Balaban J connectivity index is 1.15. The van der Waals surface area contributed by atoms with Gasteiger partial charge in [0.05, 0.1) is 90.5 Å². The van der Waals surface area contributed by atoms with Gasteiger partial charge in [0, 0.05) is 43.1 Å². The summed E-state index contributed by atoms with van der Waals surface area (Å²) < 4.78 is 9.38. The lowest BCUT2D eigenvalue weighted by molar-refractivity contribution is 0.769. The summed E-state index contributed by atoms with van der Waals surface area (Å²) in [5.41, 5.74) is 17.3. The van der Waals surface area contributed by atoms with Crippen LogP contribution in [0.4, 0.5) is 5.69 Å². The third-order valence-electron chi connectivity index (χ3n) is 17.5. The summed E-state index contributed by atoms with van der Waals surface area (Å²) in [5, 5.41) is 21.0. The van der Waals surface area contributed by atoms with Crippen LogP contribution in [-0.4, -0.2) is 18.3 Å². The minimum Gasteiger partial charge on any atom is -0.317 e. The summed E-state index contributed by atoms with van der Waals surface area (Å²) in [7, 11) is 0. The first kappa shape index (κ1) is 44.9. The van der Waals surface area contributed by atoms with Crippen molar-refractivity contribution in [2.45, 2.75) is 5.41 Å². The Morgan fingerprint density at radius 2 is 0.642 bits per heavy atom. The smallest absolute Gasteiger partial charge is 0.232 e. The molecule has 374 valence electrons. The molecule has 0 amide bonds. The van der Waals surface area contributed by atoms with Crippen LogP contribution in [0.3, 0.4) is 0 Å². The van der Waals surface area contributed by atoms with Crippen molar-refractivity contribution in [2.75, 3.05) is 0 Å². The van der Waals surface area contributed by atoms with E-state index in [1.54, 1.807) is 0 Å². The Kier molecular flexibility index (Phi) is 9.37. The molecule has 0 N–H and O–H groups in total. The van der Waals surface area contributed by atoms with Gasteiger partial charge in [-0.2, -0.15) is 5.26 Å². The zero-order chi connectivity index (χ0) is 53.5. The van der Waals surface area contributed by atoms with Crippen LogP contribution in [0.5, 0.6) is 0 Å². The second kappa shape index (κ2) is 16.9. The van der Waals surface area contributed by atoms with Crippen molar-refractivity contribution in [1.29, 1.82) is 5.26 Å². The number of nitriles is 1. The highest BCUT2D eigenvalue weighted by molar-refractivity contribution is 6.17. The Morgan fingerprint density at radius 3 is 1.05 bits per heavy atom. The van der Waals surface area contributed by atoms with Crippen molar-refractivity contribution in [3.05, 3.63) is 306 Å². The highest BCUT2D eigenvalue weighted by Crippen LogP contribution is 2.58. The molecular weight excluding hydrogens is 985 g/mol. The van der Waals surface area contributed by atoms with Gasteiger partial charge in [0.2, 0.25) is 5.69 Å². The largest absolute Gasteiger partial charge is 0.317 e. The van der Waals surface area contributed by atoms with Crippen LogP contribution in [-0.2, 0) is 5.41 Å². The molecule has 0 fully saturated rings. The van der Waals surface area contributed by atoms with E-state index in [-0.39, 0.29) is 11.3 Å². The maximum Gasteiger partial charge on any atom is 0.232 e. The fourth-order valence-corrected chi connectivity index (χ4v) is 14.4. The maximum absolute atomic E-state index is 12.5. The number of fused-ring (bicyclic) bond motifs is 15. The van der Waals surface area contributed by atoms with Gasteiger partial charge >= 0.3 is 0 Å². The second-order valence-corrected chi connectivity index (χ2v) is 21.2. The van der Waals surface area contributed by atoms with Crippen LogP contribution in [0.1, 0.15) is 27.8 Å². The number of hydrogen-bond acceptors (Lipinski definition) is 1. The summed E-state index contributed by atoms with van der Waals surface area (Å²) in [6.07, 6.45) is 0. The highest BCUT2D eigenvalue weighted by atomic mass is 15.2. The van der Waals surface area contributed by atoms with Crippen molar-refractivity contribution in [3.8, 4) is 39.9 Å². The second-order valence-electron chi connectivity index (χ2n) is 21.2. The zero-order valence-electron chi connectivity index (χ0n) is 43.6. The summed E-state index contributed by atoms with van der Waals surface area (Å²) in [5.74, 6) is 0. The van der Waals surface area contributed by atoms with Crippen molar-refractivity contribution in [2.24, 2.45) is 0 Å². The van der Waals surface area contributed by atoms with E-state index >= 15 is 0 Å². The molecule has 0 atom stereocenters. The van der Waals surface area contributed by atoms with Crippen molar-refractivity contribution in [1.82, 2.24) is 18.3 Å². The summed E-state index contributed by atoms with van der Waals surface area (Å²) in [6.45, 7) is 9.67. The first-order valence-corrected chi connectivity index (χ1v) is 27.4. The van der Waals surface area contributed by atoms with Crippen LogP contribution in [0.15, 0.2) is 267 Å². The van der Waals surface area contributed by atoms with Gasteiger partial charge in [-0.15, -0.1) is 0 Å². The number of rotatable bonds is 6. The molecular formula is C75H44N6. The molecule has 12 aromatic carbocycles. The van der Waals surface area contributed by atoms with Crippen LogP contribution in [0.2, 0.25) is 0 Å². The van der Waals surface area contributed by atoms with Crippen LogP contribution in [0.25, 0.3) is 126 Å². The molecule has 4 heterocycles. The predicted octanol–water partition coefficient (Wildman–Crippen LogP) is 18.9. The van der Waals surface area contributed by atoms with E-state index in [2.05, 4.69) is 296 Å². The molecule has 81 heavy (non-hydrogen) atoms. The number of para-hydroxylation sites is 7. The van der Waals surface area contributed by atoms with Gasteiger partial charge in [0.1, 0.15) is 0 Å². The molecule has 6 nitrogen and oxygen atoms in total. The molecule has 0 unspecified atom stereocenters. The van der Waals surface area contributed by atoms with Gasteiger partial charge in [-0.05, 0) is 88.0 Å². The lowest BCUT2D eigenvalue weighted by Gasteiger charge is -2.34. The first-order chi connectivity index (χ1) is 40.2. The van der Waals surface area contributed by atoms with Crippen LogP contribution < -0.4 is 0 Å². The van der Waals surface area contributed by atoms with Crippen molar-refractivity contribution < 1.29 is 0 Å². The Labute approximate surface area is 465 Å². The lowest BCUT2D eigenvalue weighted by Crippen LogP contribution is -2.28. The molecule has 17 rings (SSSR count). The maximum atomic E-state index is 12.5. The van der Waals surface area contributed by atoms with Gasteiger partial charge < -0.3 is 18.3 Å². The number of benzene rings is 12. The average Bonchev–Trinajstić information content (AvgIpc) is 4.33. The normalized spacial score (nSPS) is 12.8. The van der Waals surface area contributed by atoms with Crippen molar-refractivity contribution >= 4 is 92.9 Å². The van der Waals surface area contributed by atoms with Gasteiger partial charge in [-0.3, -0.25) is 0 Å². The SMILES string of the molecule is [C-]#[N+]c1c(C#N)c(-n2c3ccccc3c3cc4c(cc32)-c2ccccc2C4(c2ccccc2)c2ccccc2)c(-n2c3ccccc3c3ccccc32)c(-n2c3ccccc3c3ccccc32)c1-n1c2ccccc2c2ccccc21. The minimum atomic E-state index is -0.650. The molecule has 0 spiro atoms. The quantitative estimate of drug-likeness (QED) is 0.153. The minimum absolute atomic E-state index is 0.255. The topological polar surface area (TPSA) is 47.9 Å². The molecule has 0 saturated heterocycles. The first-order valence-electron chi connectivity index (χ1n) is 27.4. The molecule has 1 aliphatic carbocycles. The zero-order valence-corrected chi connectivity index (χ0v) is 43.6. The van der Waals surface area contributed by atoms with E-state index in [0.717, 1.165) is 110 Å². The molecule has 1 aliphatic rings. The molecule has 0 bridgehead atoms. The van der Waals surface area contributed by atoms with E-state index < -0.39 is 5.41 Å². The van der Waals surface area contributed by atoms with Gasteiger partial charge in [0.25, 0.3) is 0 Å². The number of nitrogens with zero attached hydrogens (tertiary/aromatic N) is 6. The summed E-state index contributed by atoms with van der Waals surface area (Å²) in [4.78, 5) is 4.66. The standard InChI is InChI=1S/C75H44N6/c1-77-70-59(46-76)71(81-68-43-23-15-35-56(68)58-44-61-57(45-69(58)81)49-28-8-16-36-60(49)75(61,47-24-4-2-5-25-47)48-26-6-3-7-27-48)73(79-64-39-19-11-31-52(64)53-32-12-20-40-65(53)79)74(80-66-41-21-13-33-54(66)55-34-14-22-42-67(55)80)72(70)78-62-37-17-9-29-50(62)51-30-10-18-38-63(51)78/h2-45H. The number of aromatic nitrogens is 4. The van der Waals surface area contributed by atoms with E-state index in [0.29, 0.717) is 11.4 Å². The lowest BCUT2D eigenvalue weighted by atomic mass is 9.67. The Morgan fingerprint density at radius 1 is 0.309 bits per heavy atom. The fourth-order valence-electron chi connectivity index (χ4n) is 14.4. The van der Waals surface area contributed by atoms with Gasteiger partial charge in [-0.1, -0.05) is 212 Å². The summed E-state index contributed by atoms with van der Waals surface area (Å²) in [6, 6.07) is 98.4. The average molecular weight is 1030 g/mol. The number of hydrogen-bond donors (Lipinski definition) is 0. The summed E-state index contributed by atoms with van der Waals surface area (Å²) >= 11 is 0. The van der Waals surface area contributed by atoms with Crippen molar-refractivity contribution in [3.63, 3.8) is 0 Å². The molecule has 4 aromatic heterocycles. The molecule has 0 saturated carbocycles. The molecule has 0 radical (unpaired) electrons. The van der Waals surface area contributed by atoms with E-state index in [9.17, 15) is 11.8 Å². The van der Waals surface area contributed by atoms with Crippen LogP contribution in [0, 0.1) is 17.9 Å². The Hall–Kier alpha value is -11.2. The monoisotopic (exact) mass is 1030 g/mol. The van der Waals surface area contributed by atoms with E-state index in [1.807, 2.05) is 0 Å². The van der Waals surface area contributed by atoms with Gasteiger partial charge in [0.15, 0.2) is 0 Å². The highest BCUT2D eigenvalue weighted by Gasteiger charge is 2.47.